The van der Waals surface area contributed by atoms with Crippen LogP contribution >= 0.6 is 11.6 Å². The highest BCUT2D eigenvalue weighted by molar-refractivity contribution is 6.29. The van der Waals surface area contributed by atoms with Crippen LogP contribution in [-0.4, -0.2) is 20.5 Å². The van der Waals surface area contributed by atoms with Crippen molar-refractivity contribution in [2.24, 2.45) is 0 Å². The Labute approximate surface area is 129 Å². The summed E-state index contributed by atoms with van der Waals surface area (Å²) < 4.78 is 2.03. The molecule has 2 aromatic heterocycles. The largest absolute Gasteiger partial charge is 0.294 e. The van der Waals surface area contributed by atoms with E-state index in [2.05, 4.69) is 10.1 Å². The molecule has 0 spiro atoms. The molecule has 1 fully saturated rings. The van der Waals surface area contributed by atoms with Crippen molar-refractivity contribution < 1.29 is 4.79 Å². The zero-order valence-corrected chi connectivity index (χ0v) is 12.6. The van der Waals surface area contributed by atoms with E-state index < -0.39 is 0 Å². The second-order valence-corrected chi connectivity index (χ2v) is 5.93. The fraction of sp³-hybridized carbons (Fsp3) is 0.438. The Morgan fingerprint density at radius 2 is 2.10 bits per heavy atom. The summed E-state index contributed by atoms with van der Waals surface area (Å²) in [5.74, 6) is 0.0215. The van der Waals surface area contributed by atoms with Crippen LogP contribution in [0.2, 0.25) is 5.15 Å². The molecule has 0 amide bonds. The number of rotatable bonds is 4. The first-order valence-electron chi connectivity index (χ1n) is 7.41. The summed E-state index contributed by atoms with van der Waals surface area (Å²) in [6.45, 7) is 0. The van der Waals surface area contributed by atoms with E-state index in [4.69, 9.17) is 11.6 Å². The van der Waals surface area contributed by atoms with Gasteiger partial charge in [0.05, 0.1) is 18.2 Å². The lowest BCUT2D eigenvalue weighted by Crippen LogP contribution is -2.14. The first-order valence-corrected chi connectivity index (χ1v) is 7.79. The molecule has 0 aliphatic heterocycles. The van der Waals surface area contributed by atoms with Gasteiger partial charge in [-0.1, -0.05) is 30.9 Å². The smallest absolute Gasteiger partial charge is 0.169 e. The minimum Gasteiger partial charge on any atom is -0.294 e. The minimum absolute atomic E-state index is 0.0215. The summed E-state index contributed by atoms with van der Waals surface area (Å²) in [7, 11) is 0. The van der Waals surface area contributed by atoms with Gasteiger partial charge in [-0.2, -0.15) is 5.10 Å². The SMILES string of the molecule is O=C(Cc1ccn(C2CCCCC2)n1)c1ccnc(Cl)c1. The van der Waals surface area contributed by atoms with Gasteiger partial charge in [0.15, 0.2) is 5.78 Å². The van der Waals surface area contributed by atoms with E-state index in [0.717, 1.165) is 5.69 Å². The standard InChI is InChI=1S/C16H18ClN3O/c17-16-10-12(6-8-18-16)15(21)11-13-7-9-20(19-13)14-4-2-1-3-5-14/h6-10,14H,1-5,11H2. The Balaban J connectivity index is 1.68. The summed E-state index contributed by atoms with van der Waals surface area (Å²) in [5.41, 5.74) is 1.40. The third kappa shape index (κ3) is 3.50. The monoisotopic (exact) mass is 303 g/mol. The Morgan fingerprint density at radius 3 is 2.86 bits per heavy atom. The maximum absolute atomic E-state index is 12.2. The molecule has 2 aromatic rings. The van der Waals surface area contributed by atoms with E-state index in [1.165, 1.54) is 32.1 Å². The number of carbonyl (C=O) groups is 1. The van der Waals surface area contributed by atoms with Crippen LogP contribution in [0.4, 0.5) is 0 Å². The van der Waals surface area contributed by atoms with Gasteiger partial charge < -0.3 is 0 Å². The van der Waals surface area contributed by atoms with Gasteiger partial charge in [-0.15, -0.1) is 0 Å². The van der Waals surface area contributed by atoms with Gasteiger partial charge in [-0.3, -0.25) is 9.48 Å². The predicted molar refractivity (Wildman–Crippen MR) is 81.6 cm³/mol. The van der Waals surface area contributed by atoms with E-state index in [1.807, 2.05) is 16.9 Å². The van der Waals surface area contributed by atoms with Crippen LogP contribution < -0.4 is 0 Å². The van der Waals surface area contributed by atoms with E-state index in [0.29, 0.717) is 23.2 Å². The van der Waals surface area contributed by atoms with Gasteiger partial charge in [-0.05, 0) is 31.0 Å². The van der Waals surface area contributed by atoms with E-state index in [-0.39, 0.29) is 5.78 Å². The topological polar surface area (TPSA) is 47.8 Å². The number of halogens is 1. The van der Waals surface area contributed by atoms with Crippen molar-refractivity contribution in [3.8, 4) is 0 Å². The van der Waals surface area contributed by atoms with Crippen molar-refractivity contribution in [2.45, 2.75) is 44.6 Å². The zero-order chi connectivity index (χ0) is 14.7. The third-order valence-corrected chi connectivity index (χ3v) is 4.21. The Kier molecular flexibility index (Phi) is 4.34. The van der Waals surface area contributed by atoms with Crippen LogP contribution in [0.3, 0.4) is 0 Å². The van der Waals surface area contributed by atoms with E-state index in [1.54, 1.807) is 18.3 Å². The number of pyridine rings is 1. The van der Waals surface area contributed by atoms with Crippen molar-refractivity contribution in [1.29, 1.82) is 0 Å². The summed E-state index contributed by atoms with van der Waals surface area (Å²) in [5, 5.41) is 4.91. The molecule has 0 saturated heterocycles. The second-order valence-electron chi connectivity index (χ2n) is 5.55. The van der Waals surface area contributed by atoms with Gasteiger partial charge in [0, 0.05) is 18.0 Å². The lowest BCUT2D eigenvalue weighted by molar-refractivity contribution is 0.0991. The molecule has 0 bridgehead atoms. The zero-order valence-electron chi connectivity index (χ0n) is 11.8. The van der Waals surface area contributed by atoms with Crippen molar-refractivity contribution in [1.82, 2.24) is 14.8 Å². The molecular weight excluding hydrogens is 286 g/mol. The average molecular weight is 304 g/mol. The maximum atomic E-state index is 12.2. The Hall–Kier alpha value is -1.68. The first kappa shape index (κ1) is 14.3. The van der Waals surface area contributed by atoms with Crippen LogP contribution in [0.5, 0.6) is 0 Å². The molecule has 21 heavy (non-hydrogen) atoms. The molecule has 3 rings (SSSR count). The molecule has 0 aromatic carbocycles. The molecule has 2 heterocycles. The highest BCUT2D eigenvalue weighted by Gasteiger charge is 2.17. The number of aromatic nitrogens is 3. The highest BCUT2D eigenvalue weighted by atomic mass is 35.5. The Morgan fingerprint density at radius 1 is 1.29 bits per heavy atom. The summed E-state index contributed by atoms with van der Waals surface area (Å²) in [6, 6.07) is 5.72. The number of hydrogen-bond acceptors (Lipinski definition) is 3. The Bertz CT molecular complexity index is 632. The molecule has 1 aliphatic carbocycles. The molecule has 0 unspecified atom stereocenters. The number of Topliss-reactive ketones (excluding diaryl/α,β-unsaturated/α-hetero) is 1. The summed E-state index contributed by atoms with van der Waals surface area (Å²) in [4.78, 5) is 16.1. The van der Waals surface area contributed by atoms with Crippen molar-refractivity contribution in [3.63, 3.8) is 0 Å². The van der Waals surface area contributed by atoms with Crippen molar-refractivity contribution in [2.75, 3.05) is 0 Å². The molecule has 1 aliphatic rings. The van der Waals surface area contributed by atoms with Crippen molar-refractivity contribution >= 4 is 17.4 Å². The molecule has 0 radical (unpaired) electrons. The van der Waals surface area contributed by atoms with Crippen LogP contribution in [0, 0.1) is 0 Å². The van der Waals surface area contributed by atoms with Gasteiger partial charge in [0.25, 0.3) is 0 Å². The van der Waals surface area contributed by atoms with Gasteiger partial charge in [-0.25, -0.2) is 4.98 Å². The molecule has 5 heteroatoms. The van der Waals surface area contributed by atoms with Gasteiger partial charge >= 0.3 is 0 Å². The highest BCUT2D eigenvalue weighted by Crippen LogP contribution is 2.27. The lowest BCUT2D eigenvalue weighted by atomic mass is 9.96. The minimum atomic E-state index is 0.0215. The fourth-order valence-corrected chi connectivity index (χ4v) is 3.04. The third-order valence-electron chi connectivity index (χ3n) is 4.00. The van der Waals surface area contributed by atoms with E-state index in [9.17, 15) is 4.79 Å². The molecule has 110 valence electrons. The van der Waals surface area contributed by atoms with E-state index >= 15 is 0 Å². The van der Waals surface area contributed by atoms with Crippen LogP contribution in [-0.2, 0) is 6.42 Å². The number of hydrogen-bond donors (Lipinski definition) is 0. The summed E-state index contributed by atoms with van der Waals surface area (Å²) in [6.07, 6.45) is 10.1. The average Bonchev–Trinajstić information content (AvgIpc) is 2.97. The second kappa shape index (κ2) is 6.39. The van der Waals surface area contributed by atoms with Crippen molar-refractivity contribution in [3.05, 3.63) is 47.0 Å². The number of nitrogens with zero attached hydrogens (tertiary/aromatic N) is 3. The molecule has 0 atom stereocenters. The fourth-order valence-electron chi connectivity index (χ4n) is 2.86. The number of ketones is 1. The normalized spacial score (nSPS) is 16.0. The molecular formula is C16H18ClN3O. The lowest BCUT2D eigenvalue weighted by Gasteiger charge is -2.21. The van der Waals surface area contributed by atoms with Crippen LogP contribution in [0.1, 0.15) is 54.2 Å². The van der Waals surface area contributed by atoms with Crippen LogP contribution in [0.25, 0.3) is 0 Å². The quantitative estimate of drug-likeness (QED) is 0.636. The summed E-state index contributed by atoms with van der Waals surface area (Å²) >= 11 is 5.81. The molecule has 1 saturated carbocycles. The molecule has 4 nitrogen and oxygen atoms in total. The van der Waals surface area contributed by atoms with Gasteiger partial charge in [0.2, 0.25) is 0 Å². The maximum Gasteiger partial charge on any atom is 0.169 e. The van der Waals surface area contributed by atoms with Crippen LogP contribution in [0.15, 0.2) is 30.6 Å². The predicted octanol–water partition coefficient (Wildman–Crippen LogP) is 3.86. The number of carbonyl (C=O) groups excluding carboxylic acids is 1. The molecule has 0 N–H and O–H groups in total. The first-order chi connectivity index (χ1) is 10.2. The van der Waals surface area contributed by atoms with Gasteiger partial charge in [0.1, 0.15) is 5.15 Å².